The highest BCUT2D eigenvalue weighted by Crippen LogP contribution is 1.96. The third kappa shape index (κ3) is 5.51. The Labute approximate surface area is 56.6 Å². The smallest absolute Gasteiger partial charge is 0.422 e. The summed E-state index contributed by atoms with van der Waals surface area (Å²) in [4.78, 5) is 0. The highest BCUT2D eigenvalue weighted by atomic mass is 35.5. The van der Waals surface area contributed by atoms with E-state index in [1.807, 2.05) is 0 Å². The number of nitrogens with zero attached hydrogens (tertiary/aromatic N) is 1. The summed E-state index contributed by atoms with van der Waals surface area (Å²) in [5, 5.41) is -0.752. The summed E-state index contributed by atoms with van der Waals surface area (Å²) in [6.07, 6.45) is 0. The van der Waals surface area contributed by atoms with E-state index in [1.165, 1.54) is 0 Å². The number of halogens is 2. The minimum absolute atomic E-state index is 0.752. The molecule has 4 nitrogen and oxygen atoms in total. The lowest BCUT2D eigenvalue weighted by atomic mass is 11.4. The third-order valence-corrected chi connectivity index (χ3v) is 1.07. The van der Waals surface area contributed by atoms with E-state index in [9.17, 15) is 12.3 Å². The summed E-state index contributed by atoms with van der Waals surface area (Å²) < 4.78 is 36.9. The lowest BCUT2D eigenvalue weighted by Gasteiger charge is -1.88. The Hall–Kier alpha value is -0.360. The van der Waals surface area contributed by atoms with Gasteiger partial charge in [-0.3, -0.25) is 0 Å². The highest BCUT2D eigenvalue weighted by Gasteiger charge is 2.04. The Morgan fingerprint density at radius 2 is 2.22 bits per heavy atom. The van der Waals surface area contributed by atoms with Crippen LogP contribution >= 0.6 is 11.6 Å². The Morgan fingerprint density at radius 1 is 1.78 bits per heavy atom. The van der Waals surface area contributed by atoms with Gasteiger partial charge in [-0.2, -0.15) is 8.42 Å². The van der Waals surface area contributed by atoms with E-state index < -0.39 is 15.8 Å². The molecule has 0 aromatic heterocycles. The van der Waals surface area contributed by atoms with E-state index in [-0.39, 0.29) is 0 Å². The van der Waals surface area contributed by atoms with Crippen molar-refractivity contribution in [1.82, 2.24) is 0 Å². The van der Waals surface area contributed by atoms with Crippen molar-refractivity contribution in [2.24, 2.45) is 4.40 Å². The number of ether oxygens (including phenoxy) is 1. The fraction of sp³-hybridized carbons (Fsp3) is 0.500. The average Bonchev–Trinajstić information content (AvgIpc) is 1.62. The minimum atomic E-state index is -4.90. The van der Waals surface area contributed by atoms with Crippen LogP contribution in [0, 0.1) is 0 Å². The van der Waals surface area contributed by atoms with Gasteiger partial charge in [0, 0.05) is 0 Å². The van der Waals surface area contributed by atoms with E-state index in [0.29, 0.717) is 0 Å². The molecule has 0 saturated carbocycles. The van der Waals surface area contributed by atoms with Crippen LogP contribution in [0.5, 0.6) is 0 Å². The summed E-state index contributed by atoms with van der Waals surface area (Å²) >= 11 is 4.86. The number of rotatable bonds is 1. The maximum atomic E-state index is 11.4. The zero-order chi connectivity index (χ0) is 7.49. The largest absolute Gasteiger partial charge is 0.472 e. The quantitative estimate of drug-likeness (QED) is 0.330. The Morgan fingerprint density at radius 3 is 2.33 bits per heavy atom. The van der Waals surface area contributed by atoms with Crippen molar-refractivity contribution in [2.45, 2.75) is 0 Å². The molecule has 0 atom stereocenters. The van der Waals surface area contributed by atoms with Crippen LogP contribution in [-0.2, 0) is 15.1 Å². The maximum absolute atomic E-state index is 11.4. The van der Waals surface area contributed by atoms with E-state index in [2.05, 4.69) is 9.13 Å². The summed E-state index contributed by atoms with van der Waals surface area (Å²) in [6.45, 7) is 0. The second-order valence-corrected chi connectivity index (χ2v) is 2.29. The molecule has 0 fully saturated rings. The molecule has 0 aromatic rings. The van der Waals surface area contributed by atoms with Gasteiger partial charge in [-0.25, -0.2) is 0 Å². The van der Waals surface area contributed by atoms with Crippen molar-refractivity contribution in [3.8, 4) is 0 Å². The minimum Gasteiger partial charge on any atom is -0.472 e. The Bertz CT molecular complexity index is 210. The van der Waals surface area contributed by atoms with Gasteiger partial charge in [0.2, 0.25) is 0 Å². The molecular formula is C2H3ClFNO3S. The lowest BCUT2D eigenvalue weighted by molar-refractivity contribution is 0.414. The third-order valence-electron chi connectivity index (χ3n) is 0.349. The number of methoxy groups -OCH3 is 1. The molecule has 0 spiro atoms. The van der Waals surface area contributed by atoms with Crippen LogP contribution in [0.25, 0.3) is 0 Å². The van der Waals surface area contributed by atoms with Gasteiger partial charge in [-0.05, 0) is 11.6 Å². The van der Waals surface area contributed by atoms with E-state index in [4.69, 9.17) is 11.6 Å². The predicted octanol–water partition coefficient (Wildman–Crippen LogP) is 0.442. The van der Waals surface area contributed by atoms with Crippen LogP contribution in [0.15, 0.2) is 4.40 Å². The summed E-state index contributed by atoms with van der Waals surface area (Å²) in [6, 6.07) is 0. The topological polar surface area (TPSA) is 55.7 Å². The molecule has 9 heavy (non-hydrogen) atoms. The first-order valence-electron chi connectivity index (χ1n) is 1.70. The zero-order valence-electron chi connectivity index (χ0n) is 4.34. The Balaban J connectivity index is 4.32. The van der Waals surface area contributed by atoms with Crippen molar-refractivity contribution >= 4 is 27.4 Å². The molecule has 0 aliphatic rings. The van der Waals surface area contributed by atoms with Crippen LogP contribution in [0.4, 0.5) is 3.89 Å². The van der Waals surface area contributed by atoms with Crippen LogP contribution in [0.1, 0.15) is 0 Å². The average molecular weight is 176 g/mol. The van der Waals surface area contributed by atoms with Gasteiger partial charge >= 0.3 is 10.4 Å². The fourth-order valence-corrected chi connectivity index (χ4v) is 0.616. The second kappa shape index (κ2) is 2.98. The summed E-state index contributed by atoms with van der Waals surface area (Å²) in [5.74, 6) is 0. The highest BCUT2D eigenvalue weighted by molar-refractivity contribution is 7.85. The molecule has 0 radical (unpaired) electrons. The number of hydrogen-bond donors (Lipinski definition) is 0. The molecule has 0 heterocycles. The zero-order valence-corrected chi connectivity index (χ0v) is 5.91. The number of hydrogen-bond acceptors (Lipinski definition) is 3. The summed E-state index contributed by atoms with van der Waals surface area (Å²) in [7, 11) is -3.84. The molecule has 0 saturated heterocycles. The molecule has 0 aliphatic heterocycles. The van der Waals surface area contributed by atoms with Crippen molar-refractivity contribution in [3.63, 3.8) is 0 Å². The first-order chi connectivity index (χ1) is 3.95. The molecule has 54 valence electrons. The molecule has 0 amide bonds. The predicted molar refractivity (Wildman–Crippen MR) is 30.3 cm³/mol. The van der Waals surface area contributed by atoms with Gasteiger partial charge in [0.05, 0.1) is 7.11 Å². The van der Waals surface area contributed by atoms with Gasteiger partial charge in [0.15, 0.2) is 0 Å². The van der Waals surface area contributed by atoms with Crippen LogP contribution in [0.2, 0.25) is 0 Å². The van der Waals surface area contributed by atoms with Crippen LogP contribution in [-0.4, -0.2) is 20.9 Å². The fourth-order valence-electron chi connectivity index (χ4n) is 0.123. The summed E-state index contributed by atoms with van der Waals surface area (Å²) in [5.41, 5.74) is 0. The van der Waals surface area contributed by atoms with Gasteiger partial charge in [-0.1, -0.05) is 8.28 Å². The molecule has 7 heteroatoms. The second-order valence-electron chi connectivity index (χ2n) is 0.960. The molecule has 0 unspecified atom stereocenters. The maximum Gasteiger partial charge on any atom is 0.422 e. The van der Waals surface area contributed by atoms with Gasteiger partial charge < -0.3 is 4.74 Å². The first-order valence-corrected chi connectivity index (χ1v) is 3.41. The molecule has 0 N–H and O–H groups in total. The van der Waals surface area contributed by atoms with Crippen molar-refractivity contribution < 1.29 is 17.0 Å². The molecule has 0 rings (SSSR count). The lowest BCUT2D eigenvalue weighted by Crippen LogP contribution is -1.94. The van der Waals surface area contributed by atoms with Gasteiger partial charge in [0.25, 0.3) is 5.36 Å². The van der Waals surface area contributed by atoms with Crippen molar-refractivity contribution in [3.05, 3.63) is 0 Å². The first kappa shape index (κ1) is 8.64. The monoisotopic (exact) mass is 175 g/mol. The van der Waals surface area contributed by atoms with Gasteiger partial charge in [-0.15, -0.1) is 0 Å². The molecule has 0 bridgehead atoms. The molecule has 0 aliphatic carbocycles. The van der Waals surface area contributed by atoms with E-state index in [1.54, 1.807) is 0 Å². The molecule has 0 aromatic carbocycles. The van der Waals surface area contributed by atoms with Crippen molar-refractivity contribution in [1.29, 1.82) is 0 Å². The standard InChI is InChI=1S/C2H3ClFNO3S/c1-8-2(3)5-9(4,6)7/h1H3/b5-2+. The van der Waals surface area contributed by atoms with E-state index in [0.717, 1.165) is 7.11 Å². The van der Waals surface area contributed by atoms with Gasteiger partial charge in [0.1, 0.15) is 0 Å². The normalized spacial score (nSPS) is 13.4. The van der Waals surface area contributed by atoms with Crippen LogP contribution < -0.4 is 0 Å². The van der Waals surface area contributed by atoms with E-state index >= 15 is 0 Å². The molecular weight excluding hydrogens is 173 g/mol. The SMILES string of the molecule is CO/C(Cl)=N/S(=O)(=O)F. The van der Waals surface area contributed by atoms with Crippen LogP contribution in [0.3, 0.4) is 0 Å². The van der Waals surface area contributed by atoms with Crippen molar-refractivity contribution in [2.75, 3.05) is 7.11 Å². The Kier molecular flexibility index (Phi) is 2.86.